The van der Waals surface area contributed by atoms with Crippen LogP contribution in [0.15, 0.2) is 17.5 Å². The highest BCUT2D eigenvalue weighted by molar-refractivity contribution is 7.14. The van der Waals surface area contributed by atoms with E-state index < -0.39 is 0 Å². The predicted octanol–water partition coefficient (Wildman–Crippen LogP) is 4.46. The van der Waals surface area contributed by atoms with E-state index in [4.69, 9.17) is 0 Å². The molecule has 0 aliphatic heterocycles. The number of anilines is 1. The Morgan fingerprint density at radius 1 is 1.11 bits per heavy atom. The average Bonchev–Trinajstić information content (AvgIpc) is 2.76. The van der Waals surface area contributed by atoms with Crippen molar-refractivity contribution in [1.82, 2.24) is 9.97 Å². The van der Waals surface area contributed by atoms with Gasteiger partial charge in [0.15, 0.2) is 5.13 Å². The molecule has 0 aliphatic carbocycles. The third kappa shape index (κ3) is 3.32. The van der Waals surface area contributed by atoms with E-state index in [1.807, 2.05) is 0 Å². The number of aromatic nitrogens is 2. The third-order valence-electron chi connectivity index (χ3n) is 2.89. The van der Waals surface area contributed by atoms with E-state index in [-0.39, 0.29) is 0 Å². The monoisotopic (exact) mass is 275 g/mol. The summed E-state index contributed by atoms with van der Waals surface area (Å²) in [6.07, 6.45) is 0. The predicted molar refractivity (Wildman–Crippen MR) is 82.9 cm³/mol. The SMILES string of the molecule is Cc1nc(C(C)C)ccc1-c1csc(NC(C)C)n1. The first-order valence-electron chi connectivity index (χ1n) is 6.67. The van der Waals surface area contributed by atoms with Crippen molar-refractivity contribution in [2.24, 2.45) is 0 Å². The fourth-order valence-corrected chi connectivity index (χ4v) is 2.74. The highest BCUT2D eigenvalue weighted by Gasteiger charge is 2.10. The Kier molecular flexibility index (Phi) is 4.20. The van der Waals surface area contributed by atoms with E-state index in [1.54, 1.807) is 11.3 Å². The number of pyridine rings is 1. The molecule has 2 aromatic heterocycles. The molecule has 0 aliphatic rings. The van der Waals surface area contributed by atoms with Crippen molar-refractivity contribution in [1.29, 1.82) is 0 Å². The van der Waals surface area contributed by atoms with Gasteiger partial charge in [-0.3, -0.25) is 4.98 Å². The standard InChI is InChI=1S/C15H21N3S/c1-9(2)13-7-6-12(11(5)17-13)14-8-19-15(18-14)16-10(3)4/h6-10H,1-5H3,(H,16,18). The van der Waals surface area contributed by atoms with Gasteiger partial charge in [-0.15, -0.1) is 11.3 Å². The van der Waals surface area contributed by atoms with Gasteiger partial charge in [-0.05, 0) is 38.8 Å². The van der Waals surface area contributed by atoms with Gasteiger partial charge in [-0.25, -0.2) is 4.98 Å². The first kappa shape index (κ1) is 14.0. The van der Waals surface area contributed by atoms with Gasteiger partial charge < -0.3 is 5.32 Å². The second-order valence-corrected chi connectivity index (χ2v) is 6.22. The minimum absolute atomic E-state index is 0.404. The smallest absolute Gasteiger partial charge is 0.183 e. The van der Waals surface area contributed by atoms with Crippen molar-refractivity contribution >= 4 is 16.5 Å². The minimum atomic E-state index is 0.404. The van der Waals surface area contributed by atoms with E-state index in [0.29, 0.717) is 12.0 Å². The molecule has 3 nitrogen and oxygen atoms in total. The van der Waals surface area contributed by atoms with Crippen molar-refractivity contribution in [3.63, 3.8) is 0 Å². The molecular formula is C15H21N3S. The maximum atomic E-state index is 4.66. The summed E-state index contributed by atoms with van der Waals surface area (Å²) in [5.74, 6) is 0.460. The lowest BCUT2D eigenvalue weighted by molar-refractivity contribution is 0.816. The Morgan fingerprint density at radius 3 is 2.42 bits per heavy atom. The number of hydrogen-bond donors (Lipinski definition) is 1. The molecule has 0 saturated heterocycles. The molecule has 0 aromatic carbocycles. The zero-order valence-electron chi connectivity index (χ0n) is 12.2. The maximum Gasteiger partial charge on any atom is 0.183 e. The largest absolute Gasteiger partial charge is 0.359 e. The Labute approximate surface area is 119 Å². The number of hydrogen-bond acceptors (Lipinski definition) is 4. The molecule has 0 bridgehead atoms. The molecular weight excluding hydrogens is 254 g/mol. The van der Waals surface area contributed by atoms with E-state index in [2.05, 4.69) is 67.4 Å². The lowest BCUT2D eigenvalue weighted by Crippen LogP contribution is -2.09. The van der Waals surface area contributed by atoms with Crippen molar-refractivity contribution < 1.29 is 0 Å². The van der Waals surface area contributed by atoms with Crippen molar-refractivity contribution in [2.75, 3.05) is 5.32 Å². The Morgan fingerprint density at radius 2 is 1.84 bits per heavy atom. The molecule has 0 spiro atoms. The topological polar surface area (TPSA) is 37.8 Å². The normalized spacial score (nSPS) is 11.3. The van der Waals surface area contributed by atoms with Gasteiger partial charge in [0.05, 0.1) is 5.69 Å². The van der Waals surface area contributed by atoms with Crippen molar-refractivity contribution in [3.05, 3.63) is 28.9 Å². The zero-order chi connectivity index (χ0) is 14.0. The third-order valence-corrected chi connectivity index (χ3v) is 3.66. The Hall–Kier alpha value is -1.42. The molecule has 19 heavy (non-hydrogen) atoms. The van der Waals surface area contributed by atoms with Gasteiger partial charge >= 0.3 is 0 Å². The Bertz CT molecular complexity index is 558. The first-order valence-corrected chi connectivity index (χ1v) is 7.55. The van der Waals surface area contributed by atoms with Crippen LogP contribution in [0.2, 0.25) is 0 Å². The summed E-state index contributed by atoms with van der Waals surface area (Å²) in [5.41, 5.74) is 4.32. The van der Waals surface area contributed by atoms with Crippen LogP contribution in [-0.2, 0) is 0 Å². The van der Waals surface area contributed by atoms with Crippen LogP contribution in [0.5, 0.6) is 0 Å². The fraction of sp³-hybridized carbons (Fsp3) is 0.467. The number of rotatable bonds is 4. The summed E-state index contributed by atoms with van der Waals surface area (Å²) in [6.45, 7) is 10.6. The van der Waals surface area contributed by atoms with Gasteiger partial charge in [0, 0.05) is 28.4 Å². The van der Waals surface area contributed by atoms with Crippen LogP contribution < -0.4 is 5.32 Å². The summed E-state index contributed by atoms with van der Waals surface area (Å²) in [5, 5.41) is 6.39. The van der Waals surface area contributed by atoms with Crippen LogP contribution in [0, 0.1) is 6.92 Å². The van der Waals surface area contributed by atoms with Crippen LogP contribution >= 0.6 is 11.3 Å². The van der Waals surface area contributed by atoms with Gasteiger partial charge in [-0.1, -0.05) is 13.8 Å². The summed E-state index contributed by atoms with van der Waals surface area (Å²) >= 11 is 1.64. The molecule has 102 valence electrons. The molecule has 4 heteroatoms. The summed E-state index contributed by atoms with van der Waals surface area (Å²) in [4.78, 5) is 9.29. The van der Waals surface area contributed by atoms with Crippen LogP contribution in [-0.4, -0.2) is 16.0 Å². The lowest BCUT2D eigenvalue weighted by Gasteiger charge is -2.08. The molecule has 0 unspecified atom stereocenters. The molecule has 0 radical (unpaired) electrons. The highest BCUT2D eigenvalue weighted by Crippen LogP contribution is 2.28. The lowest BCUT2D eigenvalue weighted by atomic mass is 10.1. The van der Waals surface area contributed by atoms with Gasteiger partial charge in [0.1, 0.15) is 0 Å². The second-order valence-electron chi connectivity index (χ2n) is 5.36. The quantitative estimate of drug-likeness (QED) is 0.895. The molecule has 0 atom stereocenters. The van der Waals surface area contributed by atoms with Crippen LogP contribution in [0.3, 0.4) is 0 Å². The molecule has 0 saturated carbocycles. The van der Waals surface area contributed by atoms with E-state index >= 15 is 0 Å². The molecule has 1 N–H and O–H groups in total. The van der Waals surface area contributed by atoms with Gasteiger partial charge in [0.25, 0.3) is 0 Å². The van der Waals surface area contributed by atoms with Crippen LogP contribution in [0.25, 0.3) is 11.3 Å². The van der Waals surface area contributed by atoms with E-state index in [1.165, 1.54) is 0 Å². The summed E-state index contributed by atoms with van der Waals surface area (Å²) in [6, 6.07) is 4.63. The fourth-order valence-electron chi connectivity index (χ4n) is 1.88. The van der Waals surface area contributed by atoms with Gasteiger partial charge in [-0.2, -0.15) is 0 Å². The highest BCUT2D eigenvalue weighted by atomic mass is 32.1. The molecule has 2 rings (SSSR count). The Balaban J connectivity index is 2.29. The second kappa shape index (κ2) is 5.70. The number of aryl methyl sites for hydroxylation is 1. The van der Waals surface area contributed by atoms with E-state index in [0.717, 1.165) is 27.8 Å². The summed E-state index contributed by atoms with van der Waals surface area (Å²) < 4.78 is 0. The average molecular weight is 275 g/mol. The molecule has 2 aromatic rings. The van der Waals surface area contributed by atoms with Crippen LogP contribution in [0.1, 0.15) is 45.0 Å². The number of thiazole rings is 1. The van der Waals surface area contributed by atoms with Crippen molar-refractivity contribution in [3.8, 4) is 11.3 Å². The zero-order valence-corrected chi connectivity index (χ0v) is 13.0. The summed E-state index contributed by atoms with van der Waals surface area (Å²) in [7, 11) is 0. The van der Waals surface area contributed by atoms with Crippen molar-refractivity contribution in [2.45, 2.75) is 46.6 Å². The molecule has 0 amide bonds. The molecule has 0 fully saturated rings. The van der Waals surface area contributed by atoms with Gasteiger partial charge in [0.2, 0.25) is 0 Å². The number of nitrogens with one attached hydrogen (secondary N) is 1. The van der Waals surface area contributed by atoms with Crippen LogP contribution in [0.4, 0.5) is 5.13 Å². The van der Waals surface area contributed by atoms with E-state index in [9.17, 15) is 0 Å². The first-order chi connectivity index (χ1) is 8.97. The molecule has 2 heterocycles. The minimum Gasteiger partial charge on any atom is -0.359 e. The maximum absolute atomic E-state index is 4.66. The number of nitrogens with zero attached hydrogens (tertiary/aromatic N) is 2.